The van der Waals surface area contributed by atoms with Crippen LogP contribution in [-0.4, -0.2) is 31.4 Å². The highest BCUT2D eigenvalue weighted by Gasteiger charge is 2.25. The van der Waals surface area contributed by atoms with Crippen LogP contribution < -0.4 is 21.5 Å². The standard InChI is InChI=1S/C22H28N4O2/c1-22(2,13-23)17-6-3-14(4-7-17)21(27)26-10-9-16-12-28-19-8-5-15(20(24)25)11-18(16)19/h3-8,11,16H,9-10,12-13,23H2,1-2H3,(H3,24,25)(H,26,27). The molecule has 148 valence electrons. The molecule has 1 aliphatic rings. The van der Waals surface area contributed by atoms with Gasteiger partial charge in [-0.05, 0) is 42.3 Å². The summed E-state index contributed by atoms with van der Waals surface area (Å²) in [5, 5.41) is 10.6. The summed E-state index contributed by atoms with van der Waals surface area (Å²) < 4.78 is 5.71. The van der Waals surface area contributed by atoms with Gasteiger partial charge < -0.3 is 21.5 Å². The fourth-order valence-corrected chi connectivity index (χ4v) is 3.34. The van der Waals surface area contributed by atoms with Crippen molar-refractivity contribution in [2.75, 3.05) is 19.7 Å². The minimum atomic E-state index is -0.108. The van der Waals surface area contributed by atoms with Gasteiger partial charge in [-0.25, -0.2) is 0 Å². The topological polar surface area (TPSA) is 114 Å². The highest BCUT2D eigenvalue weighted by atomic mass is 16.5. The maximum Gasteiger partial charge on any atom is 0.251 e. The van der Waals surface area contributed by atoms with Gasteiger partial charge in [0.25, 0.3) is 5.91 Å². The van der Waals surface area contributed by atoms with Crippen LogP contribution in [0.4, 0.5) is 0 Å². The van der Waals surface area contributed by atoms with E-state index in [1.54, 1.807) is 6.07 Å². The van der Waals surface area contributed by atoms with Crippen molar-refractivity contribution in [3.63, 3.8) is 0 Å². The highest BCUT2D eigenvalue weighted by Crippen LogP contribution is 2.36. The van der Waals surface area contributed by atoms with Crippen molar-refractivity contribution in [2.45, 2.75) is 31.6 Å². The zero-order chi connectivity index (χ0) is 20.3. The van der Waals surface area contributed by atoms with E-state index in [-0.39, 0.29) is 23.1 Å². The van der Waals surface area contributed by atoms with Crippen molar-refractivity contribution in [1.82, 2.24) is 5.32 Å². The molecule has 0 aromatic heterocycles. The van der Waals surface area contributed by atoms with Gasteiger partial charge in [-0.15, -0.1) is 0 Å². The van der Waals surface area contributed by atoms with E-state index in [4.69, 9.17) is 21.6 Å². The second-order valence-corrected chi connectivity index (χ2v) is 7.88. The summed E-state index contributed by atoms with van der Waals surface area (Å²) >= 11 is 0. The van der Waals surface area contributed by atoms with Crippen LogP contribution in [0.25, 0.3) is 0 Å². The van der Waals surface area contributed by atoms with Gasteiger partial charge in [-0.3, -0.25) is 10.2 Å². The van der Waals surface area contributed by atoms with Gasteiger partial charge in [-0.1, -0.05) is 26.0 Å². The average Bonchev–Trinajstić information content (AvgIpc) is 3.10. The lowest BCUT2D eigenvalue weighted by Crippen LogP contribution is -2.28. The molecule has 1 amide bonds. The lowest BCUT2D eigenvalue weighted by molar-refractivity contribution is 0.0952. The predicted octanol–water partition coefficient (Wildman–Crippen LogP) is 2.50. The zero-order valence-electron chi connectivity index (χ0n) is 16.4. The largest absolute Gasteiger partial charge is 0.493 e. The number of amides is 1. The number of hydrogen-bond acceptors (Lipinski definition) is 4. The van der Waals surface area contributed by atoms with Gasteiger partial charge in [0.15, 0.2) is 0 Å². The molecule has 6 nitrogen and oxygen atoms in total. The minimum Gasteiger partial charge on any atom is -0.493 e. The Bertz CT molecular complexity index is 875. The molecule has 0 radical (unpaired) electrons. The van der Waals surface area contributed by atoms with E-state index in [2.05, 4.69) is 19.2 Å². The number of rotatable bonds is 7. The van der Waals surface area contributed by atoms with E-state index in [0.717, 1.165) is 23.3 Å². The summed E-state index contributed by atoms with van der Waals surface area (Å²) in [7, 11) is 0. The second-order valence-electron chi connectivity index (χ2n) is 7.88. The molecule has 6 heteroatoms. The maximum atomic E-state index is 12.4. The minimum absolute atomic E-state index is 0.0445. The molecule has 1 aliphatic heterocycles. The molecule has 1 unspecified atom stereocenters. The molecule has 0 fully saturated rings. The fraction of sp³-hybridized carbons (Fsp3) is 0.364. The Morgan fingerprint density at radius 3 is 2.54 bits per heavy atom. The number of fused-ring (bicyclic) bond motifs is 1. The Morgan fingerprint density at radius 1 is 1.21 bits per heavy atom. The fourth-order valence-electron chi connectivity index (χ4n) is 3.34. The molecule has 0 saturated heterocycles. The van der Waals surface area contributed by atoms with E-state index in [0.29, 0.717) is 30.8 Å². The first kappa shape index (κ1) is 19.9. The van der Waals surface area contributed by atoms with Gasteiger partial charge in [0, 0.05) is 41.1 Å². The van der Waals surface area contributed by atoms with E-state index < -0.39 is 0 Å². The molecule has 3 rings (SSSR count). The molecule has 2 aromatic carbocycles. The van der Waals surface area contributed by atoms with Crippen LogP contribution in [0.3, 0.4) is 0 Å². The first-order chi connectivity index (χ1) is 13.3. The number of nitrogens with one attached hydrogen (secondary N) is 2. The number of benzene rings is 2. The van der Waals surface area contributed by atoms with E-state index in [1.165, 1.54) is 0 Å². The third kappa shape index (κ3) is 4.17. The molecule has 1 atom stereocenters. The summed E-state index contributed by atoms with van der Waals surface area (Å²) in [6, 6.07) is 13.2. The Kier molecular flexibility index (Phi) is 5.70. The molecule has 0 bridgehead atoms. The van der Waals surface area contributed by atoms with Crippen LogP contribution in [0.1, 0.15) is 53.2 Å². The number of amidine groups is 1. The Balaban J connectivity index is 1.57. The highest BCUT2D eigenvalue weighted by molar-refractivity contribution is 5.95. The van der Waals surface area contributed by atoms with Gasteiger partial charge in [0.05, 0.1) is 6.61 Å². The number of nitrogen functional groups attached to an aromatic ring is 1. The van der Waals surface area contributed by atoms with Gasteiger partial charge in [0.2, 0.25) is 0 Å². The molecule has 1 heterocycles. The molecular formula is C22H28N4O2. The molecule has 0 spiro atoms. The first-order valence-corrected chi connectivity index (χ1v) is 9.52. The molecular weight excluding hydrogens is 352 g/mol. The summed E-state index contributed by atoms with van der Waals surface area (Å²) in [5.74, 6) is 0.971. The Labute approximate surface area is 165 Å². The predicted molar refractivity (Wildman–Crippen MR) is 111 cm³/mol. The monoisotopic (exact) mass is 380 g/mol. The van der Waals surface area contributed by atoms with Crippen LogP contribution in [0.5, 0.6) is 5.75 Å². The van der Waals surface area contributed by atoms with E-state index >= 15 is 0 Å². The summed E-state index contributed by atoms with van der Waals surface area (Å²) in [4.78, 5) is 12.4. The Morgan fingerprint density at radius 2 is 1.89 bits per heavy atom. The average molecular weight is 380 g/mol. The van der Waals surface area contributed by atoms with Gasteiger partial charge in [-0.2, -0.15) is 0 Å². The van der Waals surface area contributed by atoms with Crippen molar-refractivity contribution >= 4 is 11.7 Å². The maximum absolute atomic E-state index is 12.4. The number of carbonyl (C=O) groups excluding carboxylic acids is 1. The van der Waals surface area contributed by atoms with Crippen LogP contribution >= 0.6 is 0 Å². The summed E-state index contributed by atoms with van der Waals surface area (Å²) in [5.41, 5.74) is 14.8. The third-order valence-corrected chi connectivity index (χ3v) is 5.42. The van der Waals surface area contributed by atoms with Crippen molar-refractivity contribution in [3.05, 3.63) is 64.7 Å². The van der Waals surface area contributed by atoms with Crippen molar-refractivity contribution in [3.8, 4) is 5.75 Å². The van der Waals surface area contributed by atoms with Gasteiger partial charge >= 0.3 is 0 Å². The summed E-state index contributed by atoms with van der Waals surface area (Å²) in [6.45, 7) is 5.85. The second kappa shape index (κ2) is 8.02. The number of ether oxygens (including phenoxy) is 1. The lowest BCUT2D eigenvalue weighted by Gasteiger charge is -2.23. The van der Waals surface area contributed by atoms with Crippen molar-refractivity contribution in [1.29, 1.82) is 5.41 Å². The molecule has 6 N–H and O–H groups in total. The van der Waals surface area contributed by atoms with Gasteiger partial charge in [0.1, 0.15) is 11.6 Å². The SMILES string of the molecule is CC(C)(CN)c1ccc(C(=O)NCCC2COc3ccc(C(=N)N)cc32)cc1. The smallest absolute Gasteiger partial charge is 0.251 e. The lowest BCUT2D eigenvalue weighted by atomic mass is 9.84. The van der Waals surface area contributed by atoms with Crippen LogP contribution in [0.15, 0.2) is 42.5 Å². The molecule has 2 aromatic rings. The zero-order valence-corrected chi connectivity index (χ0v) is 16.4. The van der Waals surface area contributed by atoms with E-state index in [9.17, 15) is 4.79 Å². The quantitative estimate of drug-likeness (QED) is 0.436. The van der Waals surface area contributed by atoms with Crippen LogP contribution in [-0.2, 0) is 5.41 Å². The normalized spacial score (nSPS) is 15.6. The Hall–Kier alpha value is -2.86. The van der Waals surface area contributed by atoms with Crippen LogP contribution in [0.2, 0.25) is 0 Å². The number of carbonyl (C=O) groups is 1. The van der Waals surface area contributed by atoms with E-state index in [1.807, 2.05) is 36.4 Å². The molecule has 0 saturated carbocycles. The van der Waals surface area contributed by atoms with Crippen molar-refractivity contribution in [2.24, 2.45) is 11.5 Å². The van der Waals surface area contributed by atoms with Crippen molar-refractivity contribution < 1.29 is 9.53 Å². The molecule has 28 heavy (non-hydrogen) atoms. The first-order valence-electron chi connectivity index (χ1n) is 9.52. The number of nitrogens with two attached hydrogens (primary N) is 2. The van der Waals surface area contributed by atoms with Crippen LogP contribution in [0, 0.1) is 5.41 Å². The molecule has 0 aliphatic carbocycles. The summed E-state index contributed by atoms with van der Waals surface area (Å²) in [6.07, 6.45) is 0.762. The number of hydrogen-bond donors (Lipinski definition) is 4. The third-order valence-electron chi connectivity index (χ3n) is 5.42.